The van der Waals surface area contributed by atoms with Gasteiger partial charge in [0.25, 0.3) is 0 Å². The molecule has 0 saturated carbocycles. The minimum absolute atomic E-state index is 0.815. The summed E-state index contributed by atoms with van der Waals surface area (Å²) in [4.78, 5) is 0. The molecular formula is C15H25NOS. The fraction of sp³-hybridized carbons (Fsp3) is 0.600. The van der Waals surface area contributed by atoms with Crippen molar-refractivity contribution in [2.24, 2.45) is 0 Å². The first-order valence-electron chi connectivity index (χ1n) is 6.61. The maximum Gasteiger partial charge on any atom is 0.125 e. The van der Waals surface area contributed by atoms with Gasteiger partial charge < -0.3 is 10.1 Å². The van der Waals surface area contributed by atoms with Crippen LogP contribution in [0.3, 0.4) is 0 Å². The summed E-state index contributed by atoms with van der Waals surface area (Å²) < 4.78 is 5.90. The Bertz CT molecular complexity index is 343. The van der Waals surface area contributed by atoms with E-state index < -0.39 is 0 Å². The maximum atomic E-state index is 5.90. The van der Waals surface area contributed by atoms with Gasteiger partial charge in [0.1, 0.15) is 5.75 Å². The monoisotopic (exact) mass is 267 g/mol. The van der Waals surface area contributed by atoms with Crippen molar-refractivity contribution in [3.63, 3.8) is 0 Å². The molecule has 2 nitrogen and oxygen atoms in total. The number of nitrogens with one attached hydrogen (secondary N) is 1. The van der Waals surface area contributed by atoms with Gasteiger partial charge in [-0.25, -0.2) is 0 Å². The van der Waals surface area contributed by atoms with Crippen LogP contribution in [0.1, 0.15) is 30.0 Å². The number of aryl methyl sites for hydroxylation is 2. The maximum absolute atomic E-state index is 5.90. The predicted octanol–water partition coefficient (Wildman–Crippen LogP) is 3.54. The Kier molecular flexibility index (Phi) is 7.21. The lowest BCUT2D eigenvalue weighted by molar-refractivity contribution is 0.314. The van der Waals surface area contributed by atoms with E-state index in [1.165, 1.54) is 16.7 Å². The van der Waals surface area contributed by atoms with Crippen molar-refractivity contribution in [2.45, 2.75) is 33.7 Å². The van der Waals surface area contributed by atoms with Gasteiger partial charge in [0, 0.05) is 6.54 Å². The Labute approximate surface area is 116 Å². The number of hydrogen-bond donors (Lipinski definition) is 1. The Balaban J connectivity index is 2.62. The van der Waals surface area contributed by atoms with E-state index in [2.05, 4.69) is 44.5 Å². The van der Waals surface area contributed by atoms with Gasteiger partial charge in [0.2, 0.25) is 0 Å². The Morgan fingerprint density at radius 1 is 1.22 bits per heavy atom. The lowest BCUT2D eigenvalue weighted by Crippen LogP contribution is -2.12. The van der Waals surface area contributed by atoms with Crippen molar-refractivity contribution in [1.29, 1.82) is 0 Å². The molecule has 0 unspecified atom stereocenters. The molecule has 0 heterocycles. The summed E-state index contributed by atoms with van der Waals surface area (Å²) in [5, 5.41) is 3.35. The highest BCUT2D eigenvalue weighted by molar-refractivity contribution is 7.98. The first kappa shape index (κ1) is 15.4. The second-order valence-corrected chi connectivity index (χ2v) is 5.52. The van der Waals surface area contributed by atoms with Crippen molar-refractivity contribution in [2.75, 3.05) is 25.2 Å². The summed E-state index contributed by atoms with van der Waals surface area (Å²) in [6.07, 6.45) is 3.24. The lowest BCUT2D eigenvalue weighted by atomic mass is 10.1. The number of ether oxygens (including phenoxy) is 1. The van der Waals surface area contributed by atoms with E-state index in [1.807, 2.05) is 11.8 Å². The van der Waals surface area contributed by atoms with Crippen molar-refractivity contribution < 1.29 is 4.74 Å². The molecule has 0 bridgehead atoms. The van der Waals surface area contributed by atoms with Gasteiger partial charge in [0.05, 0.1) is 6.61 Å². The van der Waals surface area contributed by atoms with Gasteiger partial charge in [0.15, 0.2) is 0 Å². The summed E-state index contributed by atoms with van der Waals surface area (Å²) >= 11 is 1.87. The van der Waals surface area contributed by atoms with E-state index in [0.717, 1.165) is 37.6 Å². The Morgan fingerprint density at radius 2 is 1.89 bits per heavy atom. The second-order valence-electron chi connectivity index (χ2n) is 4.53. The van der Waals surface area contributed by atoms with Crippen LogP contribution in [-0.2, 0) is 6.54 Å². The molecule has 0 radical (unpaired) electrons. The van der Waals surface area contributed by atoms with E-state index in [4.69, 9.17) is 4.74 Å². The quantitative estimate of drug-likeness (QED) is 0.728. The molecule has 1 N–H and O–H groups in total. The van der Waals surface area contributed by atoms with Gasteiger partial charge >= 0.3 is 0 Å². The zero-order chi connectivity index (χ0) is 13.4. The molecule has 0 saturated heterocycles. The lowest BCUT2D eigenvalue weighted by Gasteiger charge is -2.14. The third-order valence-corrected chi connectivity index (χ3v) is 3.54. The zero-order valence-electron chi connectivity index (χ0n) is 12.0. The Morgan fingerprint density at radius 3 is 2.44 bits per heavy atom. The molecule has 18 heavy (non-hydrogen) atoms. The summed E-state index contributed by atoms with van der Waals surface area (Å²) in [5.74, 6) is 2.23. The van der Waals surface area contributed by atoms with Crippen molar-refractivity contribution >= 4 is 11.8 Å². The van der Waals surface area contributed by atoms with Crippen LogP contribution in [0.25, 0.3) is 0 Å². The third-order valence-electron chi connectivity index (χ3n) is 2.84. The molecule has 0 aromatic heterocycles. The molecule has 0 aliphatic carbocycles. The average Bonchev–Trinajstić information content (AvgIpc) is 2.34. The highest BCUT2D eigenvalue weighted by Crippen LogP contribution is 2.25. The van der Waals surface area contributed by atoms with Crippen LogP contribution >= 0.6 is 11.8 Å². The molecule has 3 heteroatoms. The number of rotatable bonds is 8. The average molecular weight is 267 g/mol. The highest BCUT2D eigenvalue weighted by atomic mass is 32.2. The molecule has 0 spiro atoms. The first-order valence-corrected chi connectivity index (χ1v) is 8.01. The topological polar surface area (TPSA) is 21.3 Å². The number of benzene rings is 1. The molecule has 0 atom stereocenters. The van der Waals surface area contributed by atoms with Crippen LogP contribution < -0.4 is 10.1 Å². The smallest absolute Gasteiger partial charge is 0.125 e. The van der Waals surface area contributed by atoms with Crippen LogP contribution in [0.15, 0.2) is 12.1 Å². The van der Waals surface area contributed by atoms with Crippen molar-refractivity contribution in [3.8, 4) is 5.75 Å². The summed E-state index contributed by atoms with van der Waals surface area (Å²) in [6, 6.07) is 4.44. The van der Waals surface area contributed by atoms with E-state index in [9.17, 15) is 0 Å². The zero-order valence-corrected chi connectivity index (χ0v) is 12.8. The van der Waals surface area contributed by atoms with Crippen LogP contribution in [0.2, 0.25) is 0 Å². The minimum atomic E-state index is 0.815. The van der Waals surface area contributed by atoms with E-state index in [1.54, 1.807) is 0 Å². The van der Waals surface area contributed by atoms with E-state index >= 15 is 0 Å². The molecular weight excluding hydrogens is 242 g/mol. The van der Waals surface area contributed by atoms with Gasteiger partial charge in [-0.2, -0.15) is 11.8 Å². The highest BCUT2D eigenvalue weighted by Gasteiger charge is 2.06. The standard InChI is InChI=1S/C15H25NOS/c1-5-16-11-14-9-12(2)15(13(3)10-14)17-7-6-8-18-4/h9-10,16H,5-8,11H2,1-4H3. The normalized spacial score (nSPS) is 10.7. The largest absolute Gasteiger partial charge is 0.493 e. The predicted molar refractivity (Wildman–Crippen MR) is 81.8 cm³/mol. The fourth-order valence-corrected chi connectivity index (χ4v) is 2.42. The Hall–Kier alpha value is -0.670. The molecule has 0 fully saturated rings. The summed E-state index contributed by atoms with van der Waals surface area (Å²) in [7, 11) is 0. The third kappa shape index (κ3) is 4.91. The second kappa shape index (κ2) is 8.44. The molecule has 1 aromatic carbocycles. The van der Waals surface area contributed by atoms with Crippen molar-refractivity contribution in [1.82, 2.24) is 5.32 Å². The minimum Gasteiger partial charge on any atom is -0.493 e. The fourth-order valence-electron chi connectivity index (χ4n) is 2.02. The van der Waals surface area contributed by atoms with Gasteiger partial charge in [-0.3, -0.25) is 0 Å². The molecule has 0 aliphatic heterocycles. The van der Waals surface area contributed by atoms with Gasteiger partial charge in [-0.05, 0) is 55.5 Å². The van der Waals surface area contributed by atoms with Crippen LogP contribution in [0.4, 0.5) is 0 Å². The van der Waals surface area contributed by atoms with Crippen LogP contribution in [0.5, 0.6) is 5.75 Å². The van der Waals surface area contributed by atoms with Crippen LogP contribution in [-0.4, -0.2) is 25.2 Å². The van der Waals surface area contributed by atoms with Crippen molar-refractivity contribution in [3.05, 3.63) is 28.8 Å². The molecule has 1 aromatic rings. The number of thioether (sulfide) groups is 1. The number of hydrogen-bond acceptors (Lipinski definition) is 3. The van der Waals surface area contributed by atoms with Gasteiger partial charge in [-0.1, -0.05) is 19.1 Å². The van der Waals surface area contributed by atoms with E-state index in [-0.39, 0.29) is 0 Å². The molecule has 102 valence electrons. The summed E-state index contributed by atoms with van der Waals surface area (Å²) in [6.45, 7) is 9.15. The molecule has 0 aliphatic rings. The van der Waals surface area contributed by atoms with Crippen LogP contribution in [0, 0.1) is 13.8 Å². The SMILES string of the molecule is CCNCc1cc(C)c(OCCCSC)c(C)c1. The summed E-state index contributed by atoms with van der Waals surface area (Å²) in [5.41, 5.74) is 3.82. The first-order chi connectivity index (χ1) is 8.69. The molecule has 1 rings (SSSR count). The van der Waals surface area contributed by atoms with E-state index in [0.29, 0.717) is 0 Å². The molecule has 0 amide bonds. The van der Waals surface area contributed by atoms with Gasteiger partial charge in [-0.15, -0.1) is 0 Å².